The van der Waals surface area contributed by atoms with E-state index in [0.29, 0.717) is 5.56 Å². The van der Waals surface area contributed by atoms with Gasteiger partial charge in [-0.25, -0.2) is 4.79 Å². The van der Waals surface area contributed by atoms with Crippen LogP contribution in [0.25, 0.3) is 0 Å². The van der Waals surface area contributed by atoms with Crippen molar-refractivity contribution in [3.63, 3.8) is 0 Å². The predicted octanol–water partition coefficient (Wildman–Crippen LogP) is 3.03. The molecule has 3 nitrogen and oxygen atoms in total. The second-order valence-corrected chi connectivity index (χ2v) is 3.39. The molecule has 0 saturated heterocycles. The zero-order valence-corrected chi connectivity index (χ0v) is 10.1. The molecule has 15 heavy (non-hydrogen) atoms. The molecule has 1 aromatic carbocycles. The van der Waals surface area contributed by atoms with Crippen LogP contribution in [0.3, 0.4) is 0 Å². The Morgan fingerprint density at radius 3 is 2.27 bits per heavy atom. The number of hydrogen-bond acceptors (Lipinski definition) is 3. The second kappa shape index (κ2) is 8.32. The second-order valence-electron chi connectivity index (χ2n) is 2.43. The highest BCUT2D eigenvalue weighted by Crippen LogP contribution is 2.14. The van der Waals surface area contributed by atoms with Crippen molar-refractivity contribution < 1.29 is 9.90 Å². The van der Waals surface area contributed by atoms with Gasteiger partial charge in [-0.3, -0.25) is 4.72 Å². The van der Waals surface area contributed by atoms with Crippen molar-refractivity contribution in [3.05, 3.63) is 29.8 Å². The Labute approximate surface area is 95.0 Å². The maximum absolute atomic E-state index is 10.5. The Hall–Kier alpha value is -1.00. The lowest BCUT2D eigenvalue weighted by Crippen LogP contribution is -2.00. The first-order valence-electron chi connectivity index (χ1n) is 4.97. The maximum atomic E-state index is 10.5. The van der Waals surface area contributed by atoms with Crippen molar-refractivity contribution in [1.29, 1.82) is 0 Å². The van der Waals surface area contributed by atoms with Gasteiger partial charge in [0, 0.05) is 11.4 Å². The zero-order chi connectivity index (χ0) is 11.7. The lowest BCUT2D eigenvalue weighted by Gasteiger charge is -2.00. The number of carboxylic acid groups (broad SMARTS) is 1. The summed E-state index contributed by atoms with van der Waals surface area (Å²) in [4.78, 5) is 11.5. The smallest absolute Gasteiger partial charge is 0.335 e. The van der Waals surface area contributed by atoms with Gasteiger partial charge in [0.15, 0.2) is 0 Å². The number of rotatable bonds is 4. The van der Waals surface area contributed by atoms with E-state index in [-0.39, 0.29) is 0 Å². The third-order valence-corrected chi connectivity index (χ3v) is 2.38. The van der Waals surface area contributed by atoms with Crippen LogP contribution >= 0.6 is 11.9 Å². The molecule has 84 valence electrons. The predicted molar refractivity (Wildman–Crippen MR) is 64.3 cm³/mol. The van der Waals surface area contributed by atoms with Crippen LogP contribution in [0.2, 0.25) is 0 Å². The van der Waals surface area contributed by atoms with Gasteiger partial charge in [-0.1, -0.05) is 20.8 Å². The molecular weight excluding hydrogens is 210 g/mol. The Kier molecular flexibility index (Phi) is 7.77. The van der Waals surface area contributed by atoms with E-state index in [2.05, 4.69) is 4.72 Å². The maximum Gasteiger partial charge on any atom is 0.335 e. The van der Waals surface area contributed by atoms with E-state index in [0.717, 1.165) is 11.4 Å². The lowest BCUT2D eigenvalue weighted by atomic mass is 10.2. The fourth-order valence-electron chi connectivity index (χ4n) is 0.821. The molecule has 1 aromatic rings. The molecule has 0 heterocycles. The molecule has 0 radical (unpaired) electrons. The molecule has 0 aliphatic rings. The summed E-state index contributed by atoms with van der Waals surface area (Å²) >= 11 is 1.50. The summed E-state index contributed by atoms with van der Waals surface area (Å²) in [6.45, 7) is 6.89. The molecule has 0 spiro atoms. The summed E-state index contributed by atoms with van der Waals surface area (Å²) in [5, 5.41) is 8.63. The van der Waals surface area contributed by atoms with Crippen molar-refractivity contribution in [2.45, 2.75) is 25.7 Å². The van der Waals surface area contributed by atoms with Crippen LogP contribution in [0.4, 0.5) is 0 Å². The standard InChI is InChI=1S/C9H11NO2S.C2H6/c1-2-10-13-8-5-3-7(4-6-8)9(11)12;1-2/h3-6,10H,2H2,1H3,(H,11,12);1-2H3. The lowest BCUT2D eigenvalue weighted by molar-refractivity contribution is 0.0697. The molecule has 0 aromatic heterocycles. The summed E-state index contributed by atoms with van der Waals surface area (Å²) in [6.07, 6.45) is 0. The van der Waals surface area contributed by atoms with E-state index in [1.54, 1.807) is 24.3 Å². The summed E-state index contributed by atoms with van der Waals surface area (Å²) in [5.41, 5.74) is 0.320. The summed E-state index contributed by atoms with van der Waals surface area (Å²) in [7, 11) is 0. The van der Waals surface area contributed by atoms with Gasteiger partial charge in [-0.15, -0.1) is 0 Å². The van der Waals surface area contributed by atoms with Gasteiger partial charge in [-0.2, -0.15) is 0 Å². The average Bonchev–Trinajstić information content (AvgIpc) is 2.29. The molecule has 0 amide bonds. The molecule has 0 bridgehead atoms. The number of hydrogen-bond donors (Lipinski definition) is 2. The fourth-order valence-corrected chi connectivity index (χ4v) is 1.40. The van der Waals surface area contributed by atoms with Crippen LogP contribution in [-0.4, -0.2) is 17.6 Å². The van der Waals surface area contributed by atoms with Gasteiger partial charge in [0.05, 0.1) is 5.56 Å². The van der Waals surface area contributed by atoms with Gasteiger partial charge >= 0.3 is 5.97 Å². The highest BCUT2D eigenvalue weighted by molar-refractivity contribution is 7.97. The minimum Gasteiger partial charge on any atom is -0.478 e. The Bertz CT molecular complexity index is 285. The van der Waals surface area contributed by atoms with Gasteiger partial charge in [0.1, 0.15) is 0 Å². The zero-order valence-electron chi connectivity index (χ0n) is 9.28. The van der Waals surface area contributed by atoms with Crippen LogP contribution in [0.15, 0.2) is 29.2 Å². The number of benzene rings is 1. The molecule has 0 saturated carbocycles. The minimum absolute atomic E-state index is 0.320. The Morgan fingerprint density at radius 1 is 1.33 bits per heavy atom. The van der Waals surface area contributed by atoms with Crippen LogP contribution in [-0.2, 0) is 0 Å². The van der Waals surface area contributed by atoms with Crippen LogP contribution < -0.4 is 4.72 Å². The monoisotopic (exact) mass is 227 g/mol. The number of carboxylic acids is 1. The number of aromatic carboxylic acids is 1. The molecular formula is C11H17NO2S. The Balaban J connectivity index is 0.000000921. The molecule has 0 aliphatic carbocycles. The van der Waals surface area contributed by atoms with Crippen LogP contribution in [0.1, 0.15) is 31.1 Å². The molecule has 0 unspecified atom stereocenters. The highest BCUT2D eigenvalue weighted by atomic mass is 32.2. The third kappa shape index (κ3) is 5.44. The van der Waals surface area contributed by atoms with E-state index in [9.17, 15) is 4.79 Å². The molecule has 0 fully saturated rings. The van der Waals surface area contributed by atoms with E-state index in [1.165, 1.54) is 11.9 Å². The molecule has 1 rings (SSSR count). The SMILES string of the molecule is CC.CCNSc1ccc(C(=O)O)cc1. The summed E-state index contributed by atoms with van der Waals surface area (Å²) < 4.78 is 3.08. The number of nitrogens with one attached hydrogen (secondary N) is 1. The van der Waals surface area contributed by atoms with E-state index in [4.69, 9.17) is 5.11 Å². The Morgan fingerprint density at radius 2 is 1.87 bits per heavy atom. The molecule has 0 atom stereocenters. The first kappa shape index (κ1) is 14.0. The van der Waals surface area contributed by atoms with Crippen molar-refractivity contribution in [1.82, 2.24) is 4.72 Å². The molecule has 0 aliphatic heterocycles. The van der Waals surface area contributed by atoms with Crippen molar-refractivity contribution in [3.8, 4) is 0 Å². The number of carbonyl (C=O) groups is 1. The quantitative estimate of drug-likeness (QED) is 0.776. The summed E-state index contributed by atoms with van der Waals surface area (Å²) in [5.74, 6) is -0.889. The highest BCUT2D eigenvalue weighted by Gasteiger charge is 2.00. The van der Waals surface area contributed by atoms with Crippen molar-refractivity contribution in [2.75, 3.05) is 6.54 Å². The fraction of sp³-hybridized carbons (Fsp3) is 0.364. The minimum atomic E-state index is -0.889. The van der Waals surface area contributed by atoms with Crippen LogP contribution in [0, 0.1) is 0 Å². The summed E-state index contributed by atoms with van der Waals surface area (Å²) in [6, 6.07) is 6.78. The van der Waals surface area contributed by atoms with Gasteiger partial charge in [0.2, 0.25) is 0 Å². The van der Waals surface area contributed by atoms with Crippen molar-refractivity contribution >= 4 is 17.9 Å². The van der Waals surface area contributed by atoms with Crippen molar-refractivity contribution in [2.24, 2.45) is 0 Å². The molecule has 4 heteroatoms. The topological polar surface area (TPSA) is 49.3 Å². The largest absolute Gasteiger partial charge is 0.478 e. The normalized spacial score (nSPS) is 9.00. The molecule has 2 N–H and O–H groups in total. The van der Waals surface area contributed by atoms with Gasteiger partial charge in [-0.05, 0) is 36.2 Å². The van der Waals surface area contributed by atoms with E-state index in [1.807, 2.05) is 20.8 Å². The van der Waals surface area contributed by atoms with E-state index >= 15 is 0 Å². The average molecular weight is 227 g/mol. The first-order valence-corrected chi connectivity index (χ1v) is 5.78. The van der Waals surface area contributed by atoms with Gasteiger partial charge in [0.25, 0.3) is 0 Å². The van der Waals surface area contributed by atoms with Gasteiger partial charge < -0.3 is 5.11 Å². The first-order chi connectivity index (χ1) is 7.24. The van der Waals surface area contributed by atoms with E-state index < -0.39 is 5.97 Å². The third-order valence-electron chi connectivity index (χ3n) is 1.44. The van der Waals surface area contributed by atoms with Crippen LogP contribution in [0.5, 0.6) is 0 Å².